The Hall–Kier alpha value is -2.31. The van der Waals surface area contributed by atoms with E-state index in [1.807, 2.05) is 0 Å². The Bertz CT molecular complexity index is 1890. The summed E-state index contributed by atoms with van der Waals surface area (Å²) in [4.78, 5) is 0. The second-order valence-electron chi connectivity index (χ2n) is 17.3. The van der Waals surface area contributed by atoms with E-state index in [0.29, 0.717) is 0 Å². The molecule has 4 aromatic carbocycles. The molecule has 254 valence electrons. The minimum atomic E-state index is -5.04. The molecular weight excluding hydrogens is 703 g/mol. The minimum absolute atomic E-state index is 0. The average Bonchev–Trinajstić information content (AvgIpc) is 3.69. The van der Waals surface area contributed by atoms with Gasteiger partial charge in [-0.2, -0.15) is 0 Å². The van der Waals surface area contributed by atoms with Gasteiger partial charge in [0.15, 0.2) is 0 Å². The Kier molecular flexibility index (Phi) is 10.3. The topological polar surface area (TPSA) is 0 Å². The average molecular weight is 759 g/mol. The van der Waals surface area contributed by atoms with E-state index in [9.17, 15) is 0 Å². The van der Waals surface area contributed by atoms with E-state index in [1.54, 1.807) is 6.55 Å². The van der Waals surface area contributed by atoms with Crippen LogP contribution in [-0.2, 0) is 41.8 Å². The van der Waals surface area contributed by atoms with Crippen molar-refractivity contribution in [1.29, 1.82) is 0 Å². The van der Waals surface area contributed by atoms with E-state index in [2.05, 4.69) is 178 Å². The fourth-order valence-electron chi connectivity index (χ4n) is 9.57. The molecule has 0 amide bonds. The summed E-state index contributed by atoms with van der Waals surface area (Å²) in [7, 11) is 0. The Morgan fingerprint density at radius 1 is 0.583 bits per heavy atom. The van der Waals surface area contributed by atoms with Crippen LogP contribution in [-0.4, -0.2) is 4.21 Å². The molecule has 0 nitrogen and oxygen atoms in total. The van der Waals surface area contributed by atoms with Gasteiger partial charge in [-0.3, -0.25) is 0 Å². The summed E-state index contributed by atoms with van der Waals surface area (Å²) in [6.07, 6.45) is 9.14. The Morgan fingerprint density at radius 2 is 1.10 bits per heavy atom. The quantitative estimate of drug-likeness (QED) is 0.162. The third-order valence-corrected chi connectivity index (χ3v) is 36.0. The van der Waals surface area contributed by atoms with E-state index in [0.717, 1.165) is 12.8 Å². The van der Waals surface area contributed by atoms with Crippen LogP contribution >= 0.6 is 24.8 Å². The van der Waals surface area contributed by atoms with Gasteiger partial charge in [0.2, 0.25) is 0 Å². The molecule has 0 N–H and O–H groups in total. The van der Waals surface area contributed by atoms with Crippen molar-refractivity contribution in [3.63, 3.8) is 0 Å². The number of hydrogen-bond donors (Lipinski definition) is 0. The maximum atomic E-state index is 6.02. The number of fused-ring (bicyclic) bond motifs is 3. The molecule has 0 heterocycles. The van der Waals surface area contributed by atoms with Crippen LogP contribution in [0, 0.1) is 0 Å². The summed E-state index contributed by atoms with van der Waals surface area (Å²) in [5.41, 5.74) is 11.6. The maximum absolute atomic E-state index is 6.02. The van der Waals surface area contributed by atoms with E-state index < -0.39 is 18.3 Å². The summed E-state index contributed by atoms with van der Waals surface area (Å²) in [5, 5.41) is 0. The summed E-state index contributed by atoms with van der Waals surface area (Å²) < 4.78 is 8.79. The second kappa shape index (κ2) is 12.8. The molecule has 0 aliphatic heterocycles. The van der Waals surface area contributed by atoms with E-state index >= 15 is 0 Å². The zero-order chi connectivity index (χ0) is 33.4. The van der Waals surface area contributed by atoms with Crippen LogP contribution in [0.2, 0.25) is 0 Å². The van der Waals surface area contributed by atoms with E-state index in [4.69, 9.17) is 4.21 Å². The van der Waals surface area contributed by atoms with Crippen LogP contribution in [0.25, 0.3) is 11.1 Å². The molecule has 0 atom stereocenters. The summed E-state index contributed by atoms with van der Waals surface area (Å²) in [5.74, 6) is 0. The monoisotopic (exact) mass is 756 g/mol. The van der Waals surface area contributed by atoms with Crippen molar-refractivity contribution in [2.24, 2.45) is 0 Å². The fraction of sp³-hybridized carbons (Fsp3) is 0.356. The molecule has 0 bridgehead atoms. The number of hydrogen-bond acceptors (Lipinski definition) is 0. The fourth-order valence-corrected chi connectivity index (χ4v) is 32.5. The van der Waals surface area contributed by atoms with Crippen molar-refractivity contribution in [3.8, 4) is 11.1 Å². The first kappa shape index (κ1) is 38.5. The van der Waals surface area contributed by atoms with Gasteiger partial charge in [-0.25, -0.2) is 0 Å². The van der Waals surface area contributed by atoms with E-state index in [-0.39, 0.29) is 41.9 Å². The molecule has 0 fully saturated rings. The zero-order valence-electron chi connectivity index (χ0n) is 30.8. The molecule has 6 rings (SSSR count). The molecule has 0 saturated carbocycles. The van der Waals surface area contributed by atoms with Gasteiger partial charge >= 0.3 is 282 Å². The van der Waals surface area contributed by atoms with Crippen LogP contribution in [0.3, 0.4) is 0 Å². The Labute approximate surface area is 304 Å². The van der Waals surface area contributed by atoms with Gasteiger partial charge in [-0.15, -0.1) is 24.8 Å². The molecule has 2 aliphatic rings. The predicted octanol–water partition coefficient (Wildman–Crippen LogP) is 12.2. The third-order valence-electron chi connectivity index (χ3n) is 12.5. The van der Waals surface area contributed by atoms with Crippen molar-refractivity contribution in [2.45, 2.75) is 99.2 Å². The van der Waals surface area contributed by atoms with Gasteiger partial charge < -0.3 is 0 Å². The molecule has 0 radical (unpaired) electrons. The number of benzene rings is 4. The normalized spacial score (nSPS) is 14.9. The van der Waals surface area contributed by atoms with Crippen LogP contribution < -0.4 is 3.27 Å². The SMILES string of the molecule is Cl.Cl.[CH2]=[Zr]([C]1=CC=CC1)([c]1c(C(C)(C)C)ccc2c1Cc1cc(C(C)(C)C)ccc1-2)([C](C)(C)c1ccccc1)[C](C)(C)c1ccccc1. The predicted molar refractivity (Wildman–Crippen MR) is 214 cm³/mol. The van der Waals surface area contributed by atoms with Crippen molar-refractivity contribution in [2.75, 3.05) is 0 Å². The molecule has 0 spiro atoms. The summed E-state index contributed by atoms with van der Waals surface area (Å²) in [6.45, 7) is 24.5. The van der Waals surface area contributed by atoms with Crippen molar-refractivity contribution >= 4 is 32.3 Å². The van der Waals surface area contributed by atoms with Crippen LogP contribution in [0.15, 0.2) is 113 Å². The molecule has 0 aromatic heterocycles. The first-order valence-corrected chi connectivity index (χ1v) is 23.9. The van der Waals surface area contributed by atoms with E-state index in [1.165, 1.54) is 44.5 Å². The van der Waals surface area contributed by atoms with Crippen molar-refractivity contribution in [1.82, 2.24) is 0 Å². The molecule has 4 aromatic rings. The number of halogens is 2. The molecule has 3 heteroatoms. The summed E-state index contributed by atoms with van der Waals surface area (Å²) in [6, 6.07) is 35.0. The van der Waals surface area contributed by atoms with Crippen LogP contribution in [0.1, 0.15) is 109 Å². The Balaban J connectivity index is 0.00000260. The molecule has 48 heavy (non-hydrogen) atoms. The standard InChI is InChI=1S/C21H25.2C9H11.C5H5.CH2.2ClH.Zr/c1-20(2,3)16-7-9-18-14(12-16)11-15-13-17(21(4,5)6)8-10-19(15)18;2*1-8(2)9-6-4-3-5-7-9;1-2-4-5-3-1;;;;/h7-10,12H,11H2,1-6H3;2*3-7H,1-2H3;1-3H,4H2;1H2;2*1H;. The molecular formula is C45H56Cl2Zr. The summed E-state index contributed by atoms with van der Waals surface area (Å²) >= 11 is -5.04. The number of allylic oxidation sites excluding steroid dienone is 4. The molecule has 0 unspecified atom stereocenters. The second-order valence-corrected chi connectivity index (χ2v) is 33.4. The first-order valence-electron chi connectivity index (χ1n) is 17.2. The van der Waals surface area contributed by atoms with Gasteiger partial charge in [-0.1, -0.05) is 0 Å². The molecule has 0 saturated heterocycles. The zero-order valence-corrected chi connectivity index (χ0v) is 34.9. The first-order chi connectivity index (χ1) is 21.4. The van der Waals surface area contributed by atoms with Gasteiger partial charge in [0.05, 0.1) is 0 Å². The van der Waals surface area contributed by atoms with Gasteiger partial charge in [0.25, 0.3) is 0 Å². The van der Waals surface area contributed by atoms with Gasteiger partial charge in [-0.05, 0) is 0 Å². The van der Waals surface area contributed by atoms with Crippen LogP contribution in [0.4, 0.5) is 0 Å². The molecule has 2 aliphatic carbocycles. The third kappa shape index (κ3) is 5.29. The van der Waals surface area contributed by atoms with Crippen molar-refractivity contribution in [3.05, 3.63) is 146 Å². The number of rotatable bonds is 6. The van der Waals surface area contributed by atoms with Gasteiger partial charge in [0.1, 0.15) is 0 Å². The van der Waals surface area contributed by atoms with Crippen LogP contribution in [0.5, 0.6) is 0 Å². The Morgan fingerprint density at radius 3 is 1.56 bits per heavy atom. The van der Waals surface area contributed by atoms with Gasteiger partial charge in [0, 0.05) is 0 Å². The van der Waals surface area contributed by atoms with Crippen molar-refractivity contribution < 1.29 is 18.3 Å².